The van der Waals surface area contributed by atoms with Crippen LogP contribution in [0, 0.1) is 19.8 Å². The van der Waals surface area contributed by atoms with Crippen molar-refractivity contribution in [1.82, 2.24) is 5.32 Å². The number of aryl methyl sites for hydroxylation is 2. The number of aliphatic hydroxyl groups excluding tert-OH is 1. The van der Waals surface area contributed by atoms with Gasteiger partial charge in [-0.05, 0) is 37.3 Å². The summed E-state index contributed by atoms with van der Waals surface area (Å²) in [6.07, 6.45) is 0.662. The number of carbonyl (C=O) groups excluding carboxylic acids is 1. The summed E-state index contributed by atoms with van der Waals surface area (Å²) in [6, 6.07) is 5.92. The molecule has 2 N–H and O–H groups in total. The predicted octanol–water partition coefficient (Wildman–Crippen LogP) is 2.60. The molecule has 118 valence electrons. The van der Waals surface area contributed by atoms with Crippen molar-refractivity contribution in [2.24, 2.45) is 5.92 Å². The maximum atomic E-state index is 11.6. The molecule has 0 saturated carbocycles. The van der Waals surface area contributed by atoms with Crippen molar-refractivity contribution in [2.75, 3.05) is 13.2 Å². The molecule has 0 saturated heterocycles. The van der Waals surface area contributed by atoms with Gasteiger partial charge in [0.25, 0.3) is 0 Å². The molecule has 21 heavy (non-hydrogen) atoms. The summed E-state index contributed by atoms with van der Waals surface area (Å²) < 4.78 is 5.66. The fourth-order valence-corrected chi connectivity index (χ4v) is 2.01. The third-order valence-electron chi connectivity index (χ3n) is 3.31. The van der Waals surface area contributed by atoms with Crippen molar-refractivity contribution < 1.29 is 14.6 Å². The molecule has 0 aliphatic heterocycles. The predicted molar refractivity (Wildman–Crippen MR) is 84.5 cm³/mol. The minimum absolute atomic E-state index is 0.0187. The van der Waals surface area contributed by atoms with Crippen molar-refractivity contribution in [3.63, 3.8) is 0 Å². The Morgan fingerprint density at radius 2 is 1.90 bits per heavy atom. The Kier molecular flexibility index (Phi) is 7.23. The molecule has 1 atom stereocenters. The average molecular weight is 293 g/mol. The first-order valence-corrected chi connectivity index (χ1v) is 7.54. The van der Waals surface area contributed by atoms with E-state index in [1.807, 2.05) is 32.0 Å². The molecule has 1 aromatic rings. The molecule has 1 aromatic carbocycles. The zero-order valence-corrected chi connectivity index (χ0v) is 13.5. The second-order valence-electron chi connectivity index (χ2n) is 5.92. The second kappa shape index (κ2) is 8.67. The number of aliphatic hydroxyl groups is 1. The molecule has 0 aliphatic rings. The maximum Gasteiger partial charge on any atom is 0.220 e. The van der Waals surface area contributed by atoms with E-state index in [0.29, 0.717) is 12.3 Å². The number of para-hydroxylation sites is 1. The van der Waals surface area contributed by atoms with E-state index in [4.69, 9.17) is 4.74 Å². The Hall–Kier alpha value is -1.55. The molecule has 0 aliphatic carbocycles. The van der Waals surface area contributed by atoms with Crippen LogP contribution in [-0.2, 0) is 4.79 Å². The number of hydrogen-bond acceptors (Lipinski definition) is 3. The molecule has 1 amide bonds. The van der Waals surface area contributed by atoms with Gasteiger partial charge in [0.15, 0.2) is 0 Å². The van der Waals surface area contributed by atoms with E-state index in [-0.39, 0.29) is 19.1 Å². The quantitative estimate of drug-likeness (QED) is 0.774. The van der Waals surface area contributed by atoms with Crippen LogP contribution in [0.3, 0.4) is 0 Å². The third kappa shape index (κ3) is 6.63. The van der Waals surface area contributed by atoms with Gasteiger partial charge in [0, 0.05) is 13.0 Å². The third-order valence-corrected chi connectivity index (χ3v) is 3.31. The summed E-state index contributed by atoms with van der Waals surface area (Å²) in [6.45, 7) is 8.52. The zero-order chi connectivity index (χ0) is 15.8. The molecule has 1 rings (SSSR count). The van der Waals surface area contributed by atoms with Crippen LogP contribution < -0.4 is 10.1 Å². The number of hydrogen-bond donors (Lipinski definition) is 2. The fourth-order valence-electron chi connectivity index (χ4n) is 2.01. The van der Waals surface area contributed by atoms with Crippen LogP contribution in [0.1, 0.15) is 37.8 Å². The monoisotopic (exact) mass is 293 g/mol. The van der Waals surface area contributed by atoms with Gasteiger partial charge < -0.3 is 15.2 Å². The Morgan fingerprint density at radius 1 is 1.29 bits per heavy atom. The SMILES string of the molecule is Cc1cccc(C)c1OCC(O)CNC(=O)CCC(C)C. The molecule has 0 bridgehead atoms. The summed E-state index contributed by atoms with van der Waals surface area (Å²) in [4.78, 5) is 11.6. The number of ether oxygens (including phenoxy) is 1. The molecule has 0 heterocycles. The highest BCUT2D eigenvalue weighted by Crippen LogP contribution is 2.22. The highest BCUT2D eigenvalue weighted by molar-refractivity contribution is 5.75. The largest absolute Gasteiger partial charge is 0.490 e. The smallest absolute Gasteiger partial charge is 0.220 e. The molecule has 0 fully saturated rings. The molecular formula is C17H27NO3. The van der Waals surface area contributed by atoms with E-state index in [0.717, 1.165) is 23.3 Å². The van der Waals surface area contributed by atoms with Gasteiger partial charge in [-0.15, -0.1) is 0 Å². The van der Waals surface area contributed by atoms with E-state index in [2.05, 4.69) is 19.2 Å². The number of amides is 1. The van der Waals surface area contributed by atoms with Crippen LogP contribution in [-0.4, -0.2) is 30.3 Å². The summed E-state index contributed by atoms with van der Waals surface area (Å²) in [5, 5.41) is 12.6. The van der Waals surface area contributed by atoms with Gasteiger partial charge >= 0.3 is 0 Å². The average Bonchev–Trinajstić information content (AvgIpc) is 2.42. The zero-order valence-electron chi connectivity index (χ0n) is 13.5. The van der Waals surface area contributed by atoms with Crippen molar-refractivity contribution in [3.05, 3.63) is 29.3 Å². The Morgan fingerprint density at radius 3 is 2.48 bits per heavy atom. The van der Waals surface area contributed by atoms with Gasteiger partial charge in [-0.3, -0.25) is 4.79 Å². The van der Waals surface area contributed by atoms with Crippen LogP contribution in [0.4, 0.5) is 0 Å². The lowest BCUT2D eigenvalue weighted by Gasteiger charge is -2.16. The lowest BCUT2D eigenvalue weighted by Crippen LogP contribution is -2.35. The number of carbonyl (C=O) groups is 1. The molecule has 0 aromatic heterocycles. The van der Waals surface area contributed by atoms with Crippen LogP contribution in [0.2, 0.25) is 0 Å². The van der Waals surface area contributed by atoms with Crippen molar-refractivity contribution in [3.8, 4) is 5.75 Å². The first-order valence-electron chi connectivity index (χ1n) is 7.54. The topological polar surface area (TPSA) is 58.6 Å². The Balaban J connectivity index is 2.31. The fraction of sp³-hybridized carbons (Fsp3) is 0.588. The number of nitrogens with one attached hydrogen (secondary N) is 1. The number of rotatable bonds is 8. The molecule has 4 nitrogen and oxygen atoms in total. The highest BCUT2D eigenvalue weighted by atomic mass is 16.5. The van der Waals surface area contributed by atoms with Gasteiger partial charge in [0.1, 0.15) is 18.5 Å². The minimum atomic E-state index is -0.702. The van der Waals surface area contributed by atoms with Gasteiger partial charge in [0.05, 0.1) is 0 Å². The van der Waals surface area contributed by atoms with Gasteiger partial charge in [-0.2, -0.15) is 0 Å². The van der Waals surface area contributed by atoms with Gasteiger partial charge in [0.2, 0.25) is 5.91 Å². The van der Waals surface area contributed by atoms with E-state index in [9.17, 15) is 9.90 Å². The highest BCUT2D eigenvalue weighted by Gasteiger charge is 2.10. The summed E-state index contributed by atoms with van der Waals surface area (Å²) in [5.41, 5.74) is 2.09. The first kappa shape index (κ1) is 17.5. The van der Waals surface area contributed by atoms with E-state index >= 15 is 0 Å². The van der Waals surface area contributed by atoms with Crippen LogP contribution in [0.5, 0.6) is 5.75 Å². The first-order chi connectivity index (χ1) is 9.90. The summed E-state index contributed by atoms with van der Waals surface area (Å²) in [7, 11) is 0. The number of benzene rings is 1. The maximum absolute atomic E-state index is 11.6. The minimum Gasteiger partial charge on any atom is -0.490 e. The van der Waals surface area contributed by atoms with Crippen LogP contribution in [0.25, 0.3) is 0 Å². The normalized spacial score (nSPS) is 12.3. The Labute approximate surface area is 127 Å². The van der Waals surface area contributed by atoms with Gasteiger partial charge in [-0.1, -0.05) is 32.0 Å². The van der Waals surface area contributed by atoms with Crippen molar-refractivity contribution in [1.29, 1.82) is 0 Å². The molecule has 0 spiro atoms. The van der Waals surface area contributed by atoms with E-state index in [1.54, 1.807) is 0 Å². The van der Waals surface area contributed by atoms with E-state index < -0.39 is 6.10 Å². The second-order valence-corrected chi connectivity index (χ2v) is 5.92. The Bertz CT molecular complexity index is 437. The molecule has 0 radical (unpaired) electrons. The van der Waals surface area contributed by atoms with Crippen molar-refractivity contribution >= 4 is 5.91 Å². The van der Waals surface area contributed by atoms with Gasteiger partial charge in [-0.25, -0.2) is 0 Å². The standard InChI is InChI=1S/C17H27NO3/c1-12(2)8-9-16(20)18-10-15(19)11-21-17-13(3)6-5-7-14(17)4/h5-7,12,15,19H,8-11H2,1-4H3,(H,18,20). The van der Waals surface area contributed by atoms with Crippen LogP contribution in [0.15, 0.2) is 18.2 Å². The van der Waals surface area contributed by atoms with Crippen molar-refractivity contribution in [2.45, 2.75) is 46.6 Å². The lowest BCUT2D eigenvalue weighted by atomic mass is 10.1. The summed E-state index contributed by atoms with van der Waals surface area (Å²) >= 11 is 0. The van der Waals surface area contributed by atoms with Crippen LogP contribution >= 0.6 is 0 Å². The summed E-state index contributed by atoms with van der Waals surface area (Å²) in [5.74, 6) is 1.30. The molecule has 4 heteroatoms. The molecule has 1 unspecified atom stereocenters. The lowest BCUT2D eigenvalue weighted by molar-refractivity contribution is -0.121. The molecular weight excluding hydrogens is 266 g/mol. The van der Waals surface area contributed by atoms with E-state index in [1.165, 1.54) is 0 Å².